The first-order valence-electron chi connectivity index (χ1n) is 6.98. The summed E-state index contributed by atoms with van der Waals surface area (Å²) in [5.41, 5.74) is 0.608. The van der Waals surface area contributed by atoms with Crippen molar-refractivity contribution in [1.29, 1.82) is 0 Å². The van der Waals surface area contributed by atoms with Gasteiger partial charge in [-0.05, 0) is 13.0 Å². The smallest absolute Gasteiger partial charge is 0.167 e. The molecule has 1 aromatic heterocycles. The lowest BCUT2D eigenvalue weighted by atomic mass is 10.1. The number of hydrogen-bond donors (Lipinski definition) is 0. The monoisotopic (exact) mass is 307 g/mol. The fourth-order valence-electron chi connectivity index (χ4n) is 2.66. The Morgan fingerprint density at radius 1 is 1.33 bits per heavy atom. The van der Waals surface area contributed by atoms with E-state index in [4.69, 9.17) is 4.74 Å². The van der Waals surface area contributed by atoms with Crippen LogP contribution in [0.3, 0.4) is 0 Å². The molecule has 6 heteroatoms. The van der Waals surface area contributed by atoms with Gasteiger partial charge >= 0.3 is 0 Å². The second-order valence-electron chi connectivity index (χ2n) is 5.21. The van der Waals surface area contributed by atoms with Gasteiger partial charge in [-0.3, -0.25) is 0 Å². The van der Waals surface area contributed by atoms with Crippen molar-refractivity contribution >= 4 is 28.5 Å². The van der Waals surface area contributed by atoms with Gasteiger partial charge in [-0.1, -0.05) is 6.92 Å². The molecule has 21 heavy (non-hydrogen) atoms. The third-order valence-corrected chi connectivity index (χ3v) is 5.38. The number of methoxy groups -OCH3 is 1. The summed E-state index contributed by atoms with van der Waals surface area (Å²) in [6.45, 7) is 5.36. The normalized spacial score (nSPS) is 22.6. The van der Waals surface area contributed by atoms with E-state index in [1.807, 2.05) is 11.8 Å². The van der Waals surface area contributed by atoms with Crippen molar-refractivity contribution in [2.75, 3.05) is 24.3 Å². The van der Waals surface area contributed by atoms with E-state index in [1.54, 1.807) is 6.07 Å². The summed E-state index contributed by atoms with van der Waals surface area (Å²) in [4.78, 5) is 10.9. The Labute approximate surface area is 127 Å². The SMILES string of the molecule is COc1cc2c(N3CCSC(C)C3C)ncnc2cc1F. The lowest BCUT2D eigenvalue weighted by molar-refractivity contribution is 0.387. The van der Waals surface area contributed by atoms with Crippen molar-refractivity contribution in [3.63, 3.8) is 0 Å². The lowest BCUT2D eigenvalue weighted by Crippen LogP contribution is -2.45. The molecule has 2 heterocycles. The minimum absolute atomic E-state index is 0.227. The Kier molecular flexibility index (Phi) is 3.89. The summed E-state index contributed by atoms with van der Waals surface area (Å²) in [6, 6.07) is 3.48. The summed E-state index contributed by atoms with van der Waals surface area (Å²) >= 11 is 1.97. The number of anilines is 1. The maximum absolute atomic E-state index is 13.8. The minimum Gasteiger partial charge on any atom is -0.494 e. The molecule has 1 fully saturated rings. The summed E-state index contributed by atoms with van der Waals surface area (Å²) < 4.78 is 18.9. The Morgan fingerprint density at radius 3 is 2.90 bits per heavy atom. The van der Waals surface area contributed by atoms with Crippen molar-refractivity contribution in [1.82, 2.24) is 9.97 Å². The van der Waals surface area contributed by atoms with E-state index in [2.05, 4.69) is 28.7 Å². The Balaban J connectivity index is 2.13. The maximum Gasteiger partial charge on any atom is 0.167 e. The fraction of sp³-hybridized carbons (Fsp3) is 0.467. The van der Waals surface area contributed by atoms with E-state index in [-0.39, 0.29) is 5.75 Å². The molecule has 2 atom stereocenters. The molecule has 0 bridgehead atoms. The van der Waals surface area contributed by atoms with Gasteiger partial charge in [0.2, 0.25) is 0 Å². The predicted octanol–water partition coefficient (Wildman–Crippen LogP) is 3.11. The second-order valence-corrected chi connectivity index (χ2v) is 6.70. The van der Waals surface area contributed by atoms with Gasteiger partial charge in [0.15, 0.2) is 11.6 Å². The first kappa shape index (κ1) is 14.4. The van der Waals surface area contributed by atoms with Crippen LogP contribution in [0.25, 0.3) is 10.9 Å². The highest BCUT2D eigenvalue weighted by Gasteiger charge is 2.27. The average Bonchev–Trinajstić information content (AvgIpc) is 2.49. The summed E-state index contributed by atoms with van der Waals surface area (Å²) in [5.74, 6) is 1.75. The van der Waals surface area contributed by atoms with Gasteiger partial charge in [-0.2, -0.15) is 11.8 Å². The van der Waals surface area contributed by atoms with Gasteiger partial charge in [0, 0.05) is 35.0 Å². The van der Waals surface area contributed by atoms with E-state index in [1.165, 1.54) is 19.5 Å². The Hall–Kier alpha value is -1.56. The summed E-state index contributed by atoms with van der Waals surface area (Å²) in [7, 11) is 1.47. The number of thioether (sulfide) groups is 1. The fourth-order valence-corrected chi connectivity index (χ4v) is 3.76. The molecule has 2 aromatic rings. The van der Waals surface area contributed by atoms with Crippen LogP contribution in [-0.4, -0.2) is 40.7 Å². The van der Waals surface area contributed by atoms with Crippen LogP contribution in [0.15, 0.2) is 18.5 Å². The highest BCUT2D eigenvalue weighted by atomic mass is 32.2. The molecular formula is C15H18FN3OS. The van der Waals surface area contributed by atoms with Crippen LogP contribution < -0.4 is 9.64 Å². The number of hydrogen-bond acceptors (Lipinski definition) is 5. The van der Waals surface area contributed by atoms with Gasteiger partial charge in [0.05, 0.1) is 12.6 Å². The third kappa shape index (κ3) is 2.52. The molecule has 4 nitrogen and oxygen atoms in total. The zero-order chi connectivity index (χ0) is 15.0. The molecule has 1 saturated heterocycles. The highest BCUT2D eigenvalue weighted by molar-refractivity contribution is 8.00. The second kappa shape index (κ2) is 5.67. The molecule has 112 valence electrons. The quantitative estimate of drug-likeness (QED) is 0.852. The molecule has 0 radical (unpaired) electrons. The van der Waals surface area contributed by atoms with E-state index in [0.29, 0.717) is 16.8 Å². The maximum atomic E-state index is 13.8. The van der Waals surface area contributed by atoms with Crippen molar-refractivity contribution in [2.45, 2.75) is 25.1 Å². The molecule has 0 aliphatic carbocycles. The largest absolute Gasteiger partial charge is 0.494 e. The van der Waals surface area contributed by atoms with Crippen molar-refractivity contribution in [3.05, 3.63) is 24.3 Å². The van der Waals surface area contributed by atoms with Gasteiger partial charge in [-0.15, -0.1) is 0 Å². The molecule has 1 aliphatic rings. The molecule has 0 N–H and O–H groups in total. The molecule has 2 unspecified atom stereocenters. The van der Waals surface area contributed by atoms with Crippen LogP contribution in [0.1, 0.15) is 13.8 Å². The molecular weight excluding hydrogens is 289 g/mol. The van der Waals surface area contributed by atoms with Crippen LogP contribution in [-0.2, 0) is 0 Å². The molecule has 1 aromatic carbocycles. The average molecular weight is 307 g/mol. The topological polar surface area (TPSA) is 38.2 Å². The van der Waals surface area contributed by atoms with Crippen LogP contribution in [0.4, 0.5) is 10.2 Å². The number of halogens is 1. The number of fused-ring (bicyclic) bond motifs is 1. The number of nitrogens with zero attached hydrogens (tertiary/aromatic N) is 3. The zero-order valence-corrected chi connectivity index (χ0v) is 13.2. The number of ether oxygens (including phenoxy) is 1. The molecule has 0 spiro atoms. The standard InChI is InChI=1S/C15H18FN3OS/c1-9-10(2)21-5-4-19(9)15-11-6-14(20-3)12(16)7-13(11)17-8-18-15/h6-10H,4-5H2,1-3H3. The van der Waals surface area contributed by atoms with Crippen LogP contribution in [0, 0.1) is 5.82 Å². The minimum atomic E-state index is -0.398. The van der Waals surface area contributed by atoms with E-state index < -0.39 is 5.82 Å². The molecule has 0 saturated carbocycles. The summed E-state index contributed by atoms with van der Waals surface area (Å²) in [5, 5.41) is 1.37. The van der Waals surface area contributed by atoms with Crippen LogP contribution >= 0.6 is 11.8 Å². The lowest BCUT2D eigenvalue weighted by Gasteiger charge is -2.38. The molecule has 0 amide bonds. The Bertz CT molecular complexity index is 667. The van der Waals surface area contributed by atoms with Crippen molar-refractivity contribution in [3.8, 4) is 5.75 Å². The first-order chi connectivity index (χ1) is 10.1. The van der Waals surface area contributed by atoms with E-state index in [0.717, 1.165) is 23.5 Å². The number of benzene rings is 1. The number of rotatable bonds is 2. The van der Waals surface area contributed by atoms with Gasteiger partial charge < -0.3 is 9.64 Å². The van der Waals surface area contributed by atoms with Gasteiger partial charge in [-0.25, -0.2) is 14.4 Å². The molecule has 1 aliphatic heterocycles. The van der Waals surface area contributed by atoms with Crippen molar-refractivity contribution < 1.29 is 9.13 Å². The Morgan fingerprint density at radius 2 is 2.14 bits per heavy atom. The van der Waals surface area contributed by atoms with Gasteiger partial charge in [0.25, 0.3) is 0 Å². The van der Waals surface area contributed by atoms with Crippen LogP contribution in [0.2, 0.25) is 0 Å². The summed E-state index contributed by atoms with van der Waals surface area (Å²) in [6.07, 6.45) is 1.50. The van der Waals surface area contributed by atoms with Crippen LogP contribution in [0.5, 0.6) is 5.75 Å². The van der Waals surface area contributed by atoms with Gasteiger partial charge in [0.1, 0.15) is 12.1 Å². The predicted molar refractivity (Wildman–Crippen MR) is 84.8 cm³/mol. The van der Waals surface area contributed by atoms with E-state index in [9.17, 15) is 4.39 Å². The zero-order valence-electron chi connectivity index (χ0n) is 12.3. The number of aromatic nitrogens is 2. The highest BCUT2D eigenvalue weighted by Crippen LogP contribution is 2.33. The van der Waals surface area contributed by atoms with Crippen molar-refractivity contribution in [2.24, 2.45) is 0 Å². The molecule has 3 rings (SSSR count). The third-order valence-electron chi connectivity index (χ3n) is 4.04. The first-order valence-corrected chi connectivity index (χ1v) is 8.03. The van der Waals surface area contributed by atoms with E-state index >= 15 is 0 Å².